The van der Waals surface area contributed by atoms with Crippen LogP contribution in [-0.2, 0) is 6.42 Å². The van der Waals surface area contributed by atoms with Gasteiger partial charge in [-0.15, -0.1) is 10.2 Å². The van der Waals surface area contributed by atoms with Gasteiger partial charge in [-0.2, -0.15) is 0 Å². The van der Waals surface area contributed by atoms with Crippen LogP contribution in [0.4, 0.5) is 5.13 Å². The maximum Gasteiger partial charge on any atom is 0.203 e. The van der Waals surface area contributed by atoms with Gasteiger partial charge in [0.2, 0.25) is 5.13 Å². The first-order valence-corrected chi connectivity index (χ1v) is 6.39. The number of benzene rings is 1. The van der Waals surface area contributed by atoms with Crippen LogP contribution in [0.25, 0.3) is 0 Å². The molecule has 2 N–H and O–H groups in total. The molecule has 0 amide bonds. The third-order valence-corrected chi connectivity index (χ3v) is 2.99. The Morgan fingerprint density at radius 1 is 1.24 bits per heavy atom. The van der Waals surface area contributed by atoms with E-state index in [4.69, 9.17) is 10.5 Å². The van der Waals surface area contributed by atoms with Crippen LogP contribution in [0.3, 0.4) is 0 Å². The largest absolute Gasteiger partial charge is 0.494 e. The molecule has 0 atom stereocenters. The fraction of sp³-hybridized carbons (Fsp3) is 0.333. The molecule has 0 unspecified atom stereocenters. The van der Waals surface area contributed by atoms with E-state index in [2.05, 4.69) is 17.1 Å². The number of nitrogens with two attached hydrogens (primary N) is 1. The molecule has 90 valence electrons. The van der Waals surface area contributed by atoms with Crippen LogP contribution in [0.1, 0.15) is 23.9 Å². The highest BCUT2D eigenvalue weighted by molar-refractivity contribution is 7.15. The van der Waals surface area contributed by atoms with Gasteiger partial charge in [0.15, 0.2) is 0 Å². The molecule has 1 aromatic heterocycles. The van der Waals surface area contributed by atoms with Crippen LogP contribution in [0.2, 0.25) is 0 Å². The van der Waals surface area contributed by atoms with E-state index in [0.717, 1.165) is 30.2 Å². The Kier molecular flexibility index (Phi) is 3.93. The molecular formula is C12H15N3OS. The average Bonchev–Trinajstić information content (AvgIpc) is 2.74. The zero-order chi connectivity index (χ0) is 12.1. The third-order valence-electron chi connectivity index (χ3n) is 2.23. The van der Waals surface area contributed by atoms with Crippen molar-refractivity contribution in [1.82, 2.24) is 10.2 Å². The number of anilines is 1. The minimum atomic E-state index is 0.517. The Morgan fingerprint density at radius 2 is 2.00 bits per heavy atom. The molecule has 0 saturated heterocycles. The Bertz CT molecular complexity index is 467. The molecule has 5 heteroatoms. The van der Waals surface area contributed by atoms with Crippen LogP contribution in [0, 0.1) is 0 Å². The lowest BCUT2D eigenvalue weighted by Crippen LogP contribution is -1.95. The molecular weight excluding hydrogens is 234 g/mol. The molecule has 2 aromatic rings. The van der Waals surface area contributed by atoms with Crippen molar-refractivity contribution in [3.8, 4) is 5.75 Å². The summed E-state index contributed by atoms with van der Waals surface area (Å²) in [6.45, 7) is 2.85. The molecule has 4 nitrogen and oxygen atoms in total. The van der Waals surface area contributed by atoms with Gasteiger partial charge in [-0.05, 0) is 24.1 Å². The molecule has 17 heavy (non-hydrogen) atoms. The van der Waals surface area contributed by atoms with E-state index >= 15 is 0 Å². The maximum absolute atomic E-state index is 5.54. The summed E-state index contributed by atoms with van der Waals surface area (Å²) < 4.78 is 5.52. The molecule has 1 heterocycles. The van der Waals surface area contributed by atoms with E-state index in [1.165, 1.54) is 16.9 Å². The smallest absolute Gasteiger partial charge is 0.203 e. The zero-order valence-electron chi connectivity index (χ0n) is 9.72. The van der Waals surface area contributed by atoms with Gasteiger partial charge in [0.25, 0.3) is 0 Å². The molecule has 0 aliphatic rings. The number of rotatable bonds is 5. The van der Waals surface area contributed by atoms with Gasteiger partial charge in [0, 0.05) is 6.42 Å². The summed E-state index contributed by atoms with van der Waals surface area (Å²) in [6.07, 6.45) is 1.79. The van der Waals surface area contributed by atoms with E-state index in [1.54, 1.807) is 0 Å². The van der Waals surface area contributed by atoms with E-state index in [-0.39, 0.29) is 0 Å². The lowest BCUT2D eigenvalue weighted by molar-refractivity contribution is 0.317. The fourth-order valence-corrected chi connectivity index (χ4v) is 2.08. The van der Waals surface area contributed by atoms with Crippen molar-refractivity contribution in [2.24, 2.45) is 0 Å². The molecule has 2 rings (SSSR count). The van der Waals surface area contributed by atoms with Gasteiger partial charge in [0.1, 0.15) is 10.8 Å². The standard InChI is InChI=1S/C12H15N3OS/c1-2-7-16-10-5-3-9(4-6-10)8-11-14-15-12(13)17-11/h3-6H,2,7-8H2,1H3,(H2,13,15). The van der Waals surface area contributed by atoms with Crippen LogP contribution in [0.15, 0.2) is 24.3 Å². The van der Waals surface area contributed by atoms with Crippen LogP contribution < -0.4 is 10.5 Å². The second-order valence-electron chi connectivity index (χ2n) is 3.70. The Hall–Kier alpha value is -1.62. The Morgan fingerprint density at radius 3 is 2.59 bits per heavy atom. The first kappa shape index (κ1) is 11.9. The molecule has 0 radical (unpaired) electrons. The van der Waals surface area contributed by atoms with Crippen molar-refractivity contribution in [2.75, 3.05) is 12.3 Å². The summed E-state index contributed by atoms with van der Waals surface area (Å²) in [4.78, 5) is 0. The second-order valence-corrected chi connectivity index (χ2v) is 4.80. The predicted molar refractivity (Wildman–Crippen MR) is 69.4 cm³/mol. The van der Waals surface area contributed by atoms with Crippen molar-refractivity contribution in [3.05, 3.63) is 34.8 Å². The lowest BCUT2D eigenvalue weighted by Gasteiger charge is -2.04. The summed E-state index contributed by atoms with van der Waals surface area (Å²) in [5, 5.41) is 9.24. The molecule has 0 bridgehead atoms. The lowest BCUT2D eigenvalue weighted by atomic mass is 10.1. The van der Waals surface area contributed by atoms with E-state index in [1.807, 2.05) is 24.3 Å². The molecule has 1 aromatic carbocycles. The summed E-state index contributed by atoms with van der Waals surface area (Å²) in [5.74, 6) is 0.910. The number of aromatic nitrogens is 2. The summed E-state index contributed by atoms with van der Waals surface area (Å²) in [7, 11) is 0. The van der Waals surface area contributed by atoms with Gasteiger partial charge in [-0.1, -0.05) is 30.4 Å². The highest BCUT2D eigenvalue weighted by Gasteiger charge is 2.02. The SMILES string of the molecule is CCCOc1ccc(Cc2nnc(N)s2)cc1. The number of hydrogen-bond acceptors (Lipinski definition) is 5. The van der Waals surface area contributed by atoms with Gasteiger partial charge in [-0.3, -0.25) is 0 Å². The number of hydrogen-bond donors (Lipinski definition) is 1. The van der Waals surface area contributed by atoms with Gasteiger partial charge in [-0.25, -0.2) is 0 Å². The molecule has 0 aliphatic carbocycles. The molecule has 0 fully saturated rings. The maximum atomic E-state index is 5.54. The van der Waals surface area contributed by atoms with Crippen molar-refractivity contribution in [3.63, 3.8) is 0 Å². The number of ether oxygens (including phenoxy) is 1. The molecule has 0 spiro atoms. The number of nitrogen functional groups attached to an aromatic ring is 1. The normalized spacial score (nSPS) is 10.4. The summed E-state index contributed by atoms with van der Waals surface area (Å²) in [5.41, 5.74) is 6.72. The second kappa shape index (κ2) is 5.63. The quantitative estimate of drug-likeness (QED) is 0.884. The van der Waals surface area contributed by atoms with E-state index in [0.29, 0.717) is 5.13 Å². The zero-order valence-corrected chi connectivity index (χ0v) is 10.5. The predicted octanol–water partition coefficient (Wildman–Crippen LogP) is 2.50. The van der Waals surface area contributed by atoms with Crippen LogP contribution in [0.5, 0.6) is 5.75 Å². The summed E-state index contributed by atoms with van der Waals surface area (Å²) in [6, 6.07) is 8.05. The minimum Gasteiger partial charge on any atom is -0.494 e. The van der Waals surface area contributed by atoms with Gasteiger partial charge >= 0.3 is 0 Å². The minimum absolute atomic E-state index is 0.517. The first-order valence-electron chi connectivity index (χ1n) is 5.57. The highest BCUT2D eigenvalue weighted by atomic mass is 32.1. The van der Waals surface area contributed by atoms with Crippen LogP contribution >= 0.6 is 11.3 Å². The van der Waals surface area contributed by atoms with Crippen molar-refractivity contribution in [1.29, 1.82) is 0 Å². The third kappa shape index (κ3) is 3.42. The average molecular weight is 249 g/mol. The summed E-state index contributed by atoms with van der Waals surface area (Å²) >= 11 is 1.42. The fourth-order valence-electron chi connectivity index (χ4n) is 1.44. The Labute approximate surface area is 104 Å². The van der Waals surface area contributed by atoms with E-state index < -0.39 is 0 Å². The van der Waals surface area contributed by atoms with Crippen LogP contribution in [-0.4, -0.2) is 16.8 Å². The number of nitrogens with zero attached hydrogens (tertiary/aromatic N) is 2. The molecule has 0 aliphatic heterocycles. The van der Waals surface area contributed by atoms with E-state index in [9.17, 15) is 0 Å². The van der Waals surface area contributed by atoms with Crippen molar-refractivity contribution in [2.45, 2.75) is 19.8 Å². The topological polar surface area (TPSA) is 61.0 Å². The molecule has 0 saturated carbocycles. The first-order chi connectivity index (χ1) is 8.28. The van der Waals surface area contributed by atoms with Crippen molar-refractivity contribution >= 4 is 16.5 Å². The van der Waals surface area contributed by atoms with Crippen molar-refractivity contribution < 1.29 is 4.74 Å². The van der Waals surface area contributed by atoms with Gasteiger partial charge in [0.05, 0.1) is 6.61 Å². The Balaban J connectivity index is 1.98. The van der Waals surface area contributed by atoms with Gasteiger partial charge < -0.3 is 10.5 Å². The monoisotopic (exact) mass is 249 g/mol. The highest BCUT2D eigenvalue weighted by Crippen LogP contribution is 2.18.